The molecule has 1 unspecified atom stereocenters. The average Bonchev–Trinajstić information content (AvgIpc) is 2.43. The second kappa shape index (κ2) is 4.49. The van der Waals surface area contributed by atoms with Crippen molar-refractivity contribution in [3.63, 3.8) is 0 Å². The van der Waals surface area contributed by atoms with E-state index in [1.165, 1.54) is 0 Å². The Morgan fingerprint density at radius 2 is 2.20 bits per heavy atom. The molecule has 4 atom stereocenters. The van der Waals surface area contributed by atoms with Crippen LogP contribution in [0.3, 0.4) is 0 Å². The third-order valence-electron chi connectivity index (χ3n) is 3.37. The molecule has 0 amide bonds. The lowest BCUT2D eigenvalue weighted by molar-refractivity contribution is -0.143. The molecule has 0 aromatic carbocycles. The fourth-order valence-corrected chi connectivity index (χ4v) is 2.55. The molecule has 15 heavy (non-hydrogen) atoms. The van der Waals surface area contributed by atoms with Crippen molar-refractivity contribution in [1.29, 1.82) is 0 Å². The normalized spacial score (nSPS) is 37.9. The van der Waals surface area contributed by atoms with Gasteiger partial charge in [-0.25, -0.2) is 0 Å². The number of rotatable bonds is 4. The number of ether oxygens (including phenoxy) is 1. The number of aliphatic carboxylic acids is 1. The molecule has 4 nitrogen and oxygen atoms in total. The highest BCUT2D eigenvalue weighted by Gasteiger charge is 2.45. The number of carbonyl (C=O) groups is 1. The molecule has 88 valence electrons. The molecule has 0 radical (unpaired) electrons. The van der Waals surface area contributed by atoms with E-state index in [2.05, 4.69) is 0 Å². The second-order valence-electron chi connectivity index (χ2n) is 4.85. The minimum Gasteiger partial charge on any atom is -0.481 e. The van der Waals surface area contributed by atoms with Gasteiger partial charge in [0.2, 0.25) is 0 Å². The summed E-state index contributed by atoms with van der Waals surface area (Å²) in [5, 5.41) is 18.4. The summed E-state index contributed by atoms with van der Waals surface area (Å²) < 4.78 is 5.35. The fourth-order valence-electron chi connectivity index (χ4n) is 2.55. The Hall–Kier alpha value is -0.610. The molecule has 1 saturated carbocycles. The van der Waals surface area contributed by atoms with Crippen LogP contribution in [0, 0.1) is 11.8 Å². The van der Waals surface area contributed by atoms with Crippen molar-refractivity contribution in [2.45, 2.75) is 44.8 Å². The van der Waals surface area contributed by atoms with E-state index in [1.54, 1.807) is 14.0 Å². The summed E-state index contributed by atoms with van der Waals surface area (Å²) in [6.45, 7) is 3.63. The van der Waals surface area contributed by atoms with Crippen LogP contribution in [0.15, 0.2) is 0 Å². The van der Waals surface area contributed by atoms with Crippen LogP contribution in [0.2, 0.25) is 0 Å². The number of carboxylic acids is 1. The van der Waals surface area contributed by atoms with Gasteiger partial charge in [-0.1, -0.05) is 0 Å². The molecule has 1 aliphatic rings. The second-order valence-corrected chi connectivity index (χ2v) is 4.85. The molecule has 0 bridgehead atoms. The third kappa shape index (κ3) is 2.92. The van der Waals surface area contributed by atoms with Crippen LogP contribution >= 0.6 is 0 Å². The number of aliphatic hydroxyl groups excluding tert-OH is 1. The summed E-state index contributed by atoms with van der Waals surface area (Å²) in [6.07, 6.45) is 1.34. The molecule has 1 rings (SSSR count). The van der Waals surface area contributed by atoms with E-state index in [-0.39, 0.29) is 17.4 Å². The van der Waals surface area contributed by atoms with Gasteiger partial charge in [0.25, 0.3) is 0 Å². The van der Waals surface area contributed by atoms with Gasteiger partial charge in [-0.2, -0.15) is 0 Å². The fraction of sp³-hybridized carbons (Fsp3) is 0.909. The summed E-state index contributed by atoms with van der Waals surface area (Å²) >= 11 is 0. The lowest BCUT2D eigenvalue weighted by Crippen LogP contribution is -2.24. The number of aliphatic hydroxyl groups is 1. The first-order valence-electron chi connectivity index (χ1n) is 5.34. The highest BCUT2D eigenvalue weighted by Crippen LogP contribution is 2.43. The minimum atomic E-state index is -0.776. The Kier molecular flexibility index (Phi) is 3.73. The predicted molar refractivity (Wildman–Crippen MR) is 55.6 cm³/mol. The van der Waals surface area contributed by atoms with E-state index < -0.39 is 12.1 Å². The third-order valence-corrected chi connectivity index (χ3v) is 3.37. The van der Waals surface area contributed by atoms with Gasteiger partial charge in [-0.15, -0.1) is 0 Å². The van der Waals surface area contributed by atoms with E-state index in [0.717, 1.165) is 0 Å². The van der Waals surface area contributed by atoms with E-state index in [4.69, 9.17) is 9.84 Å². The molecule has 0 saturated heterocycles. The molecular weight excluding hydrogens is 196 g/mol. The molecule has 1 aliphatic carbocycles. The van der Waals surface area contributed by atoms with Gasteiger partial charge < -0.3 is 14.9 Å². The van der Waals surface area contributed by atoms with Crippen molar-refractivity contribution < 1.29 is 19.7 Å². The van der Waals surface area contributed by atoms with E-state index in [9.17, 15) is 9.90 Å². The molecule has 0 aromatic rings. The van der Waals surface area contributed by atoms with Crippen LogP contribution in [0.1, 0.15) is 33.1 Å². The number of hydrogen-bond acceptors (Lipinski definition) is 3. The van der Waals surface area contributed by atoms with E-state index in [0.29, 0.717) is 19.3 Å². The van der Waals surface area contributed by atoms with Crippen molar-refractivity contribution in [2.75, 3.05) is 7.11 Å². The lowest BCUT2D eigenvalue weighted by atomic mass is 9.91. The Balaban J connectivity index is 2.72. The first kappa shape index (κ1) is 12.5. The molecule has 0 aliphatic heterocycles. The molecule has 0 spiro atoms. The van der Waals surface area contributed by atoms with Gasteiger partial charge in [0.15, 0.2) is 0 Å². The standard InChI is InChI=1S/C11H20O4/c1-7(12)4-8-5-11(2,15-3)6-9(8)10(13)14/h7-9,12H,4-6H2,1-3H3,(H,13,14)/t7-,8-,9+,11?/m0/s1. The highest BCUT2D eigenvalue weighted by molar-refractivity contribution is 5.71. The van der Waals surface area contributed by atoms with Crippen LogP contribution in [0.5, 0.6) is 0 Å². The van der Waals surface area contributed by atoms with Crippen molar-refractivity contribution in [1.82, 2.24) is 0 Å². The highest BCUT2D eigenvalue weighted by atomic mass is 16.5. The summed E-state index contributed by atoms with van der Waals surface area (Å²) in [7, 11) is 1.61. The SMILES string of the molecule is COC1(C)C[C@H](C[C@H](C)O)[C@H](C(=O)O)C1. The van der Waals surface area contributed by atoms with Gasteiger partial charge in [0.05, 0.1) is 17.6 Å². The van der Waals surface area contributed by atoms with Crippen LogP contribution in [-0.4, -0.2) is 35.0 Å². The van der Waals surface area contributed by atoms with Crippen molar-refractivity contribution in [3.05, 3.63) is 0 Å². The smallest absolute Gasteiger partial charge is 0.306 e. The first-order valence-corrected chi connectivity index (χ1v) is 5.34. The summed E-state index contributed by atoms with van der Waals surface area (Å²) in [4.78, 5) is 11.1. The quantitative estimate of drug-likeness (QED) is 0.742. The molecule has 4 heteroatoms. The largest absolute Gasteiger partial charge is 0.481 e. The minimum absolute atomic E-state index is 0.0208. The summed E-state index contributed by atoms with van der Waals surface area (Å²) in [5.41, 5.74) is -0.345. The average molecular weight is 216 g/mol. The lowest BCUT2D eigenvalue weighted by Gasteiger charge is -2.22. The van der Waals surface area contributed by atoms with Gasteiger partial charge in [-0.3, -0.25) is 4.79 Å². The monoisotopic (exact) mass is 216 g/mol. The number of hydrogen-bond donors (Lipinski definition) is 2. The van der Waals surface area contributed by atoms with Crippen LogP contribution in [0.4, 0.5) is 0 Å². The van der Waals surface area contributed by atoms with E-state index >= 15 is 0 Å². The van der Waals surface area contributed by atoms with Gasteiger partial charge in [0, 0.05) is 7.11 Å². The maximum atomic E-state index is 11.1. The van der Waals surface area contributed by atoms with Crippen LogP contribution < -0.4 is 0 Å². The Morgan fingerprint density at radius 3 is 2.60 bits per heavy atom. The van der Waals surface area contributed by atoms with E-state index in [1.807, 2.05) is 6.92 Å². The first-order chi connectivity index (χ1) is 6.88. The molecule has 0 heterocycles. The zero-order valence-corrected chi connectivity index (χ0v) is 9.56. The molecule has 2 N–H and O–H groups in total. The Morgan fingerprint density at radius 1 is 1.60 bits per heavy atom. The van der Waals surface area contributed by atoms with Crippen molar-refractivity contribution in [2.24, 2.45) is 11.8 Å². The van der Waals surface area contributed by atoms with Crippen LogP contribution in [0.25, 0.3) is 0 Å². The summed E-state index contributed by atoms with van der Waals surface area (Å²) in [6, 6.07) is 0. The number of methoxy groups -OCH3 is 1. The zero-order valence-electron chi connectivity index (χ0n) is 9.56. The molecule has 0 aromatic heterocycles. The van der Waals surface area contributed by atoms with Crippen LogP contribution in [-0.2, 0) is 9.53 Å². The zero-order chi connectivity index (χ0) is 11.6. The Labute approximate surface area is 90.2 Å². The molecular formula is C11H20O4. The van der Waals surface area contributed by atoms with Crippen molar-refractivity contribution >= 4 is 5.97 Å². The maximum absolute atomic E-state index is 11.1. The van der Waals surface area contributed by atoms with Gasteiger partial charge >= 0.3 is 5.97 Å². The summed E-state index contributed by atoms with van der Waals surface area (Å²) in [5.74, 6) is -1.14. The maximum Gasteiger partial charge on any atom is 0.306 e. The van der Waals surface area contributed by atoms with Crippen molar-refractivity contribution in [3.8, 4) is 0 Å². The van der Waals surface area contributed by atoms with Gasteiger partial charge in [0.1, 0.15) is 0 Å². The predicted octanol–water partition coefficient (Wildman–Crippen LogP) is 1.27. The molecule has 1 fully saturated rings. The Bertz CT molecular complexity index is 239. The van der Waals surface area contributed by atoms with Gasteiger partial charge in [-0.05, 0) is 39.0 Å². The number of carboxylic acid groups (broad SMARTS) is 1. The topological polar surface area (TPSA) is 66.8 Å².